The lowest BCUT2D eigenvalue weighted by Gasteiger charge is -2.16. The van der Waals surface area contributed by atoms with E-state index in [2.05, 4.69) is 0 Å². The number of primary amides is 1. The van der Waals surface area contributed by atoms with E-state index in [1.54, 1.807) is 0 Å². The normalized spacial score (nSPS) is 10.7. The van der Waals surface area contributed by atoms with Gasteiger partial charge < -0.3 is 10.8 Å². The molecule has 3 N–H and O–H groups in total. The molecule has 128 valence electrons. The molecule has 2 aromatic rings. The van der Waals surface area contributed by atoms with Gasteiger partial charge in [0.1, 0.15) is 0 Å². The highest BCUT2D eigenvalue weighted by Gasteiger charge is 2.38. The van der Waals surface area contributed by atoms with E-state index in [0.29, 0.717) is 6.42 Å². The van der Waals surface area contributed by atoms with E-state index in [1.807, 2.05) is 60.7 Å². The van der Waals surface area contributed by atoms with Crippen molar-refractivity contribution in [2.24, 2.45) is 5.73 Å². The molecule has 0 aromatic heterocycles. The Bertz CT molecular complexity index is 618. The molecule has 0 spiro atoms. The number of carbonyl (C=O) groups is 2. The Kier molecular flexibility index (Phi) is 6.98. The van der Waals surface area contributed by atoms with Crippen molar-refractivity contribution in [1.29, 1.82) is 0 Å². The molecule has 2 aromatic carbocycles. The molecule has 1 amide bonds. The number of carboxylic acid groups (broad SMARTS) is 1. The number of alkyl halides is 3. The van der Waals surface area contributed by atoms with Crippen LogP contribution < -0.4 is 5.73 Å². The second kappa shape index (κ2) is 8.71. The van der Waals surface area contributed by atoms with E-state index in [0.717, 1.165) is 11.1 Å². The predicted octanol–water partition coefficient (Wildman–Crippen LogP) is 3.33. The zero-order chi connectivity index (χ0) is 18.2. The minimum absolute atomic E-state index is 0.0508. The molecule has 0 bridgehead atoms. The number of amides is 1. The van der Waals surface area contributed by atoms with Gasteiger partial charge in [-0.25, -0.2) is 4.79 Å². The Morgan fingerprint density at radius 1 is 0.917 bits per heavy atom. The van der Waals surface area contributed by atoms with Crippen LogP contribution in [0.15, 0.2) is 60.7 Å². The molecule has 7 heteroatoms. The van der Waals surface area contributed by atoms with Crippen molar-refractivity contribution in [2.45, 2.75) is 18.5 Å². The molecule has 0 atom stereocenters. The molecular formula is C17H16F3NO3. The molecule has 0 heterocycles. The molecule has 0 saturated carbocycles. The van der Waals surface area contributed by atoms with Gasteiger partial charge in [-0.1, -0.05) is 60.7 Å². The molecule has 0 saturated heterocycles. The van der Waals surface area contributed by atoms with Gasteiger partial charge in [-0.05, 0) is 11.1 Å². The summed E-state index contributed by atoms with van der Waals surface area (Å²) in [6.45, 7) is 0. The average Bonchev–Trinajstić information content (AvgIpc) is 2.54. The number of aliphatic carboxylic acids is 1. The van der Waals surface area contributed by atoms with Crippen LogP contribution in [-0.2, 0) is 9.59 Å². The van der Waals surface area contributed by atoms with Crippen molar-refractivity contribution in [1.82, 2.24) is 0 Å². The Balaban J connectivity index is 0.000000351. The summed E-state index contributed by atoms with van der Waals surface area (Å²) in [6, 6.07) is 20.0. The van der Waals surface area contributed by atoms with Crippen LogP contribution in [0.2, 0.25) is 0 Å². The number of hydrogen-bond donors (Lipinski definition) is 2. The SMILES string of the molecule is NC(=O)CC(c1ccccc1)c1ccccc1.O=C(O)C(F)(F)F. The molecule has 0 radical (unpaired) electrons. The highest BCUT2D eigenvalue weighted by atomic mass is 19.4. The van der Waals surface area contributed by atoms with E-state index in [9.17, 15) is 18.0 Å². The third kappa shape index (κ3) is 6.51. The molecule has 0 aliphatic carbocycles. The Hall–Kier alpha value is -2.83. The van der Waals surface area contributed by atoms with Crippen molar-refractivity contribution >= 4 is 11.9 Å². The van der Waals surface area contributed by atoms with E-state index in [-0.39, 0.29) is 11.8 Å². The van der Waals surface area contributed by atoms with Gasteiger partial charge in [-0.3, -0.25) is 4.79 Å². The Labute approximate surface area is 136 Å². The maximum atomic E-state index is 11.2. The number of benzene rings is 2. The molecule has 0 aliphatic heterocycles. The fourth-order valence-electron chi connectivity index (χ4n) is 2.00. The van der Waals surface area contributed by atoms with Gasteiger partial charge in [-0.15, -0.1) is 0 Å². The van der Waals surface area contributed by atoms with Crippen molar-refractivity contribution < 1.29 is 27.9 Å². The standard InChI is InChI=1S/C15H15NO.C2HF3O2/c16-15(17)11-14(12-7-3-1-4-8-12)13-9-5-2-6-10-13;3-2(4,5)1(6)7/h1-10,14H,11H2,(H2,16,17);(H,6,7). The van der Waals surface area contributed by atoms with Crippen molar-refractivity contribution in [3.63, 3.8) is 0 Å². The van der Waals surface area contributed by atoms with Crippen LogP contribution in [-0.4, -0.2) is 23.2 Å². The molecule has 2 rings (SSSR count). The summed E-state index contributed by atoms with van der Waals surface area (Å²) >= 11 is 0. The molecule has 0 fully saturated rings. The summed E-state index contributed by atoms with van der Waals surface area (Å²) in [5.41, 5.74) is 7.57. The summed E-state index contributed by atoms with van der Waals surface area (Å²) in [4.78, 5) is 20.1. The van der Waals surface area contributed by atoms with Crippen LogP contribution in [0.25, 0.3) is 0 Å². The van der Waals surface area contributed by atoms with Gasteiger partial charge in [0.25, 0.3) is 0 Å². The second-order valence-corrected chi connectivity index (χ2v) is 4.85. The zero-order valence-electron chi connectivity index (χ0n) is 12.5. The minimum Gasteiger partial charge on any atom is -0.475 e. The summed E-state index contributed by atoms with van der Waals surface area (Å²) < 4.78 is 31.7. The van der Waals surface area contributed by atoms with Crippen LogP contribution in [0.4, 0.5) is 13.2 Å². The van der Waals surface area contributed by atoms with Gasteiger partial charge in [0.05, 0.1) is 0 Å². The monoisotopic (exact) mass is 339 g/mol. The second-order valence-electron chi connectivity index (χ2n) is 4.85. The number of halogens is 3. The van der Waals surface area contributed by atoms with Gasteiger partial charge in [-0.2, -0.15) is 13.2 Å². The average molecular weight is 339 g/mol. The highest BCUT2D eigenvalue weighted by Crippen LogP contribution is 2.27. The molecule has 0 aliphatic rings. The summed E-state index contributed by atoms with van der Waals surface area (Å²) in [7, 11) is 0. The number of carbonyl (C=O) groups excluding carboxylic acids is 1. The van der Waals surface area contributed by atoms with Crippen molar-refractivity contribution in [2.75, 3.05) is 0 Å². The van der Waals surface area contributed by atoms with Crippen molar-refractivity contribution in [3.05, 3.63) is 71.8 Å². The number of nitrogens with two attached hydrogens (primary N) is 1. The number of carboxylic acids is 1. The van der Waals surface area contributed by atoms with E-state index < -0.39 is 12.1 Å². The molecule has 24 heavy (non-hydrogen) atoms. The lowest BCUT2D eigenvalue weighted by molar-refractivity contribution is -0.192. The quantitative estimate of drug-likeness (QED) is 0.896. The number of hydrogen-bond acceptors (Lipinski definition) is 2. The van der Waals surface area contributed by atoms with Crippen LogP contribution in [0.5, 0.6) is 0 Å². The maximum absolute atomic E-state index is 11.2. The molecular weight excluding hydrogens is 323 g/mol. The van der Waals surface area contributed by atoms with E-state index >= 15 is 0 Å². The highest BCUT2D eigenvalue weighted by molar-refractivity contribution is 5.75. The smallest absolute Gasteiger partial charge is 0.475 e. The molecule has 4 nitrogen and oxygen atoms in total. The maximum Gasteiger partial charge on any atom is 0.490 e. The van der Waals surface area contributed by atoms with Gasteiger partial charge in [0, 0.05) is 12.3 Å². The largest absolute Gasteiger partial charge is 0.490 e. The van der Waals surface area contributed by atoms with Crippen molar-refractivity contribution in [3.8, 4) is 0 Å². The fraction of sp³-hybridized carbons (Fsp3) is 0.176. The fourth-order valence-corrected chi connectivity index (χ4v) is 2.00. The van der Waals surface area contributed by atoms with E-state index in [4.69, 9.17) is 15.6 Å². The summed E-state index contributed by atoms with van der Waals surface area (Å²) in [6.07, 6.45) is -4.74. The third-order valence-corrected chi connectivity index (χ3v) is 3.05. The lowest BCUT2D eigenvalue weighted by Crippen LogP contribution is -2.21. The minimum atomic E-state index is -5.08. The Morgan fingerprint density at radius 3 is 1.50 bits per heavy atom. The lowest BCUT2D eigenvalue weighted by atomic mass is 9.88. The first-order valence-corrected chi connectivity index (χ1v) is 6.90. The van der Waals surface area contributed by atoms with Crippen LogP contribution in [0.3, 0.4) is 0 Å². The number of rotatable bonds is 4. The predicted molar refractivity (Wildman–Crippen MR) is 82.2 cm³/mol. The first-order valence-electron chi connectivity index (χ1n) is 6.90. The van der Waals surface area contributed by atoms with Crippen LogP contribution in [0.1, 0.15) is 23.5 Å². The van der Waals surface area contributed by atoms with Gasteiger partial charge >= 0.3 is 12.1 Å². The molecule has 0 unspecified atom stereocenters. The third-order valence-electron chi connectivity index (χ3n) is 3.05. The van der Waals surface area contributed by atoms with Gasteiger partial charge in [0.15, 0.2) is 0 Å². The zero-order valence-corrected chi connectivity index (χ0v) is 12.5. The van der Waals surface area contributed by atoms with Crippen LogP contribution in [0, 0.1) is 0 Å². The Morgan fingerprint density at radius 2 is 1.25 bits per heavy atom. The summed E-state index contributed by atoms with van der Waals surface area (Å²) in [5.74, 6) is -2.98. The first-order chi connectivity index (χ1) is 11.2. The summed E-state index contributed by atoms with van der Waals surface area (Å²) in [5, 5.41) is 7.12. The van der Waals surface area contributed by atoms with Gasteiger partial charge in [0.2, 0.25) is 5.91 Å². The first kappa shape index (κ1) is 19.2. The topological polar surface area (TPSA) is 80.4 Å². The van der Waals surface area contributed by atoms with Crippen LogP contribution >= 0.6 is 0 Å². The van der Waals surface area contributed by atoms with E-state index in [1.165, 1.54) is 0 Å².